The van der Waals surface area contributed by atoms with Gasteiger partial charge in [0.05, 0.1) is 41.1 Å². The fraction of sp³-hybridized carbons (Fsp3) is 0.429. The van der Waals surface area contributed by atoms with Crippen LogP contribution in [-0.4, -0.2) is 115 Å². The molecule has 2 heterocycles. The first-order valence-electron chi connectivity index (χ1n) is 26.6. The van der Waals surface area contributed by atoms with Crippen LogP contribution >= 0.6 is 0 Å². The van der Waals surface area contributed by atoms with Gasteiger partial charge in [0.15, 0.2) is 11.6 Å². The molecule has 0 radical (unpaired) electrons. The monoisotopic (exact) mass is 1090 g/mol. The number of benzene rings is 4. The van der Waals surface area contributed by atoms with Crippen molar-refractivity contribution in [1.29, 1.82) is 0 Å². The Balaban J connectivity index is 0.000000291. The molecule has 0 aromatic heterocycles. The highest BCUT2D eigenvalue weighted by atomic mass is 28.3. The van der Waals surface area contributed by atoms with E-state index in [2.05, 4.69) is 19.6 Å². The summed E-state index contributed by atoms with van der Waals surface area (Å²) >= 11 is 0. The van der Waals surface area contributed by atoms with Crippen molar-refractivity contribution in [2.75, 3.05) is 19.8 Å². The van der Waals surface area contributed by atoms with Crippen molar-refractivity contribution >= 4 is 44.1 Å². The average Bonchev–Trinajstić information content (AvgIpc) is 3.85. The number of aryl methyl sites for hydroxylation is 4. The molecule has 4 aromatic rings. The maximum atomic E-state index is 13.1. The number of ether oxygens (including phenoxy) is 7. The maximum absolute atomic E-state index is 13.1. The summed E-state index contributed by atoms with van der Waals surface area (Å²) in [6.07, 6.45) is 12.7. The Hall–Kier alpha value is -6.30. The third-order valence-corrected chi connectivity index (χ3v) is 14.4. The van der Waals surface area contributed by atoms with Gasteiger partial charge in [-0.2, -0.15) is 0 Å². The first-order valence-corrected chi connectivity index (χ1v) is 30.4. The highest BCUT2D eigenvalue weighted by molar-refractivity contribution is 6.76. The minimum Gasteiger partial charge on any atom is -0.478 e. The van der Waals surface area contributed by atoms with E-state index in [9.17, 15) is 34.5 Å². The van der Waals surface area contributed by atoms with Crippen LogP contribution in [0.2, 0.25) is 25.7 Å². The van der Waals surface area contributed by atoms with Crippen LogP contribution in [0.1, 0.15) is 128 Å². The summed E-state index contributed by atoms with van der Waals surface area (Å²) in [4.78, 5) is 50.7. The van der Waals surface area contributed by atoms with E-state index in [4.69, 9.17) is 33.2 Å². The summed E-state index contributed by atoms with van der Waals surface area (Å²) in [6.45, 7) is 22.0. The summed E-state index contributed by atoms with van der Waals surface area (Å²) in [5, 5.41) is 28.2. The van der Waals surface area contributed by atoms with Crippen molar-refractivity contribution in [1.82, 2.24) is 0 Å². The lowest BCUT2D eigenvalue weighted by Crippen LogP contribution is -2.37. The number of carboxylic acid groups (broad SMARTS) is 1. The second-order valence-corrected chi connectivity index (χ2v) is 27.4. The smallest absolute Gasteiger partial charge is 0.338 e. The molecular weight excluding hydrogens is 1010 g/mol. The Morgan fingerprint density at radius 2 is 1.00 bits per heavy atom. The molecule has 14 nitrogen and oxygen atoms in total. The highest BCUT2D eigenvalue weighted by Crippen LogP contribution is 2.36. The van der Waals surface area contributed by atoms with E-state index in [1.165, 1.54) is 0 Å². The zero-order valence-electron chi connectivity index (χ0n) is 47.2. The van der Waals surface area contributed by atoms with Crippen LogP contribution in [0.4, 0.5) is 0 Å². The Labute approximate surface area is 461 Å². The van der Waals surface area contributed by atoms with E-state index in [1.54, 1.807) is 99.7 Å². The van der Waals surface area contributed by atoms with Crippen molar-refractivity contribution in [3.05, 3.63) is 177 Å². The number of aromatic carboxylic acids is 1. The number of aliphatic hydroxyl groups is 2. The molecule has 15 heteroatoms. The standard InChI is InChI=1S/C34H46O7Si.C29H34O7/c1-24-22-25(2)30(33(37)38-20-21-42(5,6)7)27(23-24)16-13-18-29-31(41-34(3,4)40-29)28(17-11-12-19-35)39-32(36)26-14-9-8-10-15-26;1-19-17-20(2)25(27(31)32)22(18-19)13-10-15-24-26(36-29(3,4)35-24)23(14-8-9-16-30)34-28(33)21-11-6-5-7-12-21/h8-11,13-17,22-23,28-29,31,35H,12,18-21H2,1-7H3;5-8,10-14,17-18,23-24,26,30H,9,15-16H2,1-4H3,(H,31,32)/b16-13+,17-11-;13-10+,14-8-/t28?,29-,31+;23?,24-,26+/m00/s1. The number of aliphatic hydroxyl groups excluding tert-OH is 2. The fourth-order valence-electron chi connectivity index (χ4n) is 9.24. The van der Waals surface area contributed by atoms with E-state index in [0.717, 1.165) is 28.3 Å². The molecule has 2 saturated heterocycles. The highest BCUT2D eigenvalue weighted by Gasteiger charge is 2.47. The van der Waals surface area contributed by atoms with Gasteiger partial charge in [-0.15, -0.1) is 0 Å². The third-order valence-electron chi connectivity index (χ3n) is 12.7. The summed E-state index contributed by atoms with van der Waals surface area (Å²) in [5.41, 5.74) is 6.67. The summed E-state index contributed by atoms with van der Waals surface area (Å²) in [6, 6.07) is 26.1. The minimum absolute atomic E-state index is 0.0195. The molecule has 0 bridgehead atoms. The molecule has 0 spiro atoms. The van der Waals surface area contributed by atoms with Gasteiger partial charge in [0.2, 0.25) is 0 Å². The van der Waals surface area contributed by atoms with Crippen molar-refractivity contribution in [2.24, 2.45) is 0 Å². The van der Waals surface area contributed by atoms with Gasteiger partial charge in [0.25, 0.3) is 0 Å². The molecule has 6 rings (SSSR count). The van der Waals surface area contributed by atoms with Gasteiger partial charge < -0.3 is 48.5 Å². The number of carboxylic acids is 1. The first-order chi connectivity index (χ1) is 36.9. The summed E-state index contributed by atoms with van der Waals surface area (Å²) < 4.78 is 42.2. The van der Waals surface area contributed by atoms with Gasteiger partial charge in [-0.1, -0.05) is 128 Å². The fourth-order valence-corrected chi connectivity index (χ4v) is 9.95. The third kappa shape index (κ3) is 19.3. The van der Waals surface area contributed by atoms with Crippen molar-refractivity contribution in [2.45, 2.75) is 155 Å². The molecule has 2 aliphatic rings. The van der Waals surface area contributed by atoms with Crippen LogP contribution < -0.4 is 0 Å². The molecule has 6 atom stereocenters. The lowest BCUT2D eigenvalue weighted by Gasteiger charge is -2.24. The van der Waals surface area contributed by atoms with Crippen LogP contribution in [0, 0.1) is 27.7 Å². The molecule has 2 aliphatic heterocycles. The molecular formula is C63H80O14Si. The van der Waals surface area contributed by atoms with Gasteiger partial charge in [0.1, 0.15) is 24.4 Å². The second-order valence-electron chi connectivity index (χ2n) is 21.7. The molecule has 0 saturated carbocycles. The van der Waals surface area contributed by atoms with Crippen molar-refractivity contribution in [3.8, 4) is 0 Å². The van der Waals surface area contributed by atoms with E-state index in [-0.39, 0.29) is 24.7 Å². The van der Waals surface area contributed by atoms with Crippen molar-refractivity contribution in [3.63, 3.8) is 0 Å². The van der Waals surface area contributed by atoms with Crippen LogP contribution in [0.15, 0.2) is 121 Å². The maximum Gasteiger partial charge on any atom is 0.338 e. The van der Waals surface area contributed by atoms with Gasteiger partial charge in [-0.05, 0) is 146 Å². The van der Waals surface area contributed by atoms with Gasteiger partial charge in [0, 0.05) is 21.3 Å². The summed E-state index contributed by atoms with van der Waals surface area (Å²) in [5.74, 6) is -4.04. The topological polar surface area (TPSA) is 194 Å². The minimum atomic E-state index is -1.33. The van der Waals surface area contributed by atoms with E-state index < -0.39 is 74.2 Å². The molecule has 4 aromatic carbocycles. The molecule has 2 fully saturated rings. The predicted molar refractivity (Wildman–Crippen MR) is 305 cm³/mol. The van der Waals surface area contributed by atoms with Crippen LogP contribution in [0.3, 0.4) is 0 Å². The average molecular weight is 1090 g/mol. The zero-order chi connectivity index (χ0) is 57.2. The molecule has 2 unspecified atom stereocenters. The number of hydrogen-bond acceptors (Lipinski definition) is 13. The predicted octanol–water partition coefficient (Wildman–Crippen LogP) is 12.0. The van der Waals surface area contributed by atoms with Gasteiger partial charge in [-0.25, -0.2) is 19.2 Å². The van der Waals surface area contributed by atoms with Gasteiger partial charge in [-0.3, -0.25) is 0 Å². The van der Waals surface area contributed by atoms with E-state index >= 15 is 0 Å². The van der Waals surface area contributed by atoms with Crippen molar-refractivity contribution < 1.29 is 67.7 Å². The summed E-state index contributed by atoms with van der Waals surface area (Å²) in [7, 11) is -1.33. The molecule has 0 aliphatic carbocycles. The number of rotatable bonds is 23. The SMILES string of the molecule is Cc1cc(C)c(C(=O)O)c(/C=C/C[C@@H]2OC(C)(C)O[C@@H]2C(/C=C\CCO)OC(=O)c2ccccc2)c1.Cc1cc(C)c(C(=O)OCC[Si](C)(C)C)c(/C=C/C[C@@H]2OC(C)(C)O[C@@H]2C(/C=C\CCO)OC(=O)c2ccccc2)c1. The quantitative estimate of drug-likeness (QED) is 0.0275. The Bertz CT molecular complexity index is 2750. The number of carbonyl (C=O) groups is 4. The zero-order valence-corrected chi connectivity index (χ0v) is 48.2. The van der Waals surface area contributed by atoms with Crippen LogP contribution in [0.25, 0.3) is 12.2 Å². The van der Waals surface area contributed by atoms with Crippen LogP contribution in [-0.2, 0) is 33.2 Å². The Kier molecular flexibility index (Phi) is 23.3. The largest absolute Gasteiger partial charge is 0.478 e. The van der Waals surface area contributed by atoms with E-state index in [0.29, 0.717) is 60.1 Å². The van der Waals surface area contributed by atoms with Crippen LogP contribution in [0.5, 0.6) is 0 Å². The van der Waals surface area contributed by atoms with E-state index in [1.807, 2.05) is 89.2 Å². The molecule has 78 heavy (non-hydrogen) atoms. The Morgan fingerprint density at radius 3 is 1.40 bits per heavy atom. The lowest BCUT2D eigenvalue weighted by atomic mass is 9.97. The lowest BCUT2D eigenvalue weighted by molar-refractivity contribution is -0.153. The normalized spacial score (nSPS) is 19.7. The molecule has 420 valence electrons. The number of carbonyl (C=O) groups excluding carboxylic acids is 3. The van der Waals surface area contributed by atoms with Gasteiger partial charge >= 0.3 is 23.9 Å². The Morgan fingerprint density at radius 1 is 0.590 bits per heavy atom. The number of hydrogen-bond donors (Lipinski definition) is 3. The molecule has 0 amide bonds. The first kappa shape index (κ1) is 62.5. The molecule has 3 N–H and O–H groups in total. The number of esters is 3. The second kappa shape index (κ2) is 29.1.